The van der Waals surface area contributed by atoms with Gasteiger partial charge in [-0.1, -0.05) is 74.5 Å². The van der Waals surface area contributed by atoms with Crippen molar-refractivity contribution in [1.29, 1.82) is 0 Å². The van der Waals surface area contributed by atoms with Gasteiger partial charge in [0.1, 0.15) is 0 Å². The van der Waals surface area contributed by atoms with E-state index in [1.54, 1.807) is 18.7 Å². The van der Waals surface area contributed by atoms with E-state index in [4.69, 9.17) is 10.5 Å². The quantitative estimate of drug-likeness (QED) is 0.610. The third kappa shape index (κ3) is 4.96. The molecule has 0 radical (unpaired) electrons. The van der Waals surface area contributed by atoms with Crippen LogP contribution < -0.4 is 11.1 Å². The fourth-order valence-electron chi connectivity index (χ4n) is 5.44. The van der Waals surface area contributed by atoms with E-state index in [2.05, 4.69) is 5.32 Å². The van der Waals surface area contributed by atoms with Gasteiger partial charge in [-0.15, -0.1) is 0 Å². The maximum absolute atomic E-state index is 13.9. The van der Waals surface area contributed by atoms with Crippen LogP contribution in [0, 0.1) is 16.7 Å². The Balaban J connectivity index is 1.55. The normalized spacial score (nSPS) is 23.2. The molecule has 7 heteroatoms. The molecule has 2 saturated heterocycles. The highest BCUT2D eigenvalue weighted by atomic mass is 16.5. The number of carbonyl (C=O) groups is 3. The zero-order chi connectivity index (χ0) is 25.1. The van der Waals surface area contributed by atoms with Gasteiger partial charge in [0.05, 0.1) is 30.0 Å². The van der Waals surface area contributed by atoms with Crippen molar-refractivity contribution < 1.29 is 19.1 Å². The topological polar surface area (TPSA) is 102 Å². The SMILES string of the molecule is CC(C)(C(N)=O)[C@H](COCc1ccccc1)C(=O)N1CCCC2(C1)C(=O)NCC2c1ccccc1. The molecule has 4 rings (SSSR count). The Labute approximate surface area is 207 Å². The average molecular weight is 478 g/mol. The summed E-state index contributed by atoms with van der Waals surface area (Å²) >= 11 is 0. The van der Waals surface area contributed by atoms with E-state index in [-0.39, 0.29) is 24.3 Å². The van der Waals surface area contributed by atoms with E-state index in [1.165, 1.54) is 0 Å². The lowest BCUT2D eigenvalue weighted by atomic mass is 9.68. The fraction of sp³-hybridized carbons (Fsp3) is 0.464. The summed E-state index contributed by atoms with van der Waals surface area (Å²) in [6.45, 7) is 5.21. The highest BCUT2D eigenvalue weighted by molar-refractivity contribution is 5.91. The van der Waals surface area contributed by atoms with E-state index in [0.717, 1.165) is 24.0 Å². The number of piperidine rings is 1. The van der Waals surface area contributed by atoms with Crippen LogP contribution in [0.1, 0.15) is 43.7 Å². The number of primary amides is 1. The van der Waals surface area contributed by atoms with Gasteiger partial charge >= 0.3 is 0 Å². The monoisotopic (exact) mass is 477 g/mol. The molecular formula is C28H35N3O4. The predicted octanol–water partition coefficient (Wildman–Crippen LogP) is 2.85. The van der Waals surface area contributed by atoms with Crippen molar-refractivity contribution in [3.63, 3.8) is 0 Å². The Morgan fingerprint density at radius 3 is 2.46 bits per heavy atom. The fourth-order valence-corrected chi connectivity index (χ4v) is 5.44. The number of likely N-dealkylation sites (tertiary alicyclic amines) is 1. The number of nitrogens with one attached hydrogen (secondary N) is 1. The molecule has 0 bridgehead atoms. The minimum absolute atomic E-state index is 0.00473. The Morgan fingerprint density at radius 2 is 1.80 bits per heavy atom. The molecule has 35 heavy (non-hydrogen) atoms. The van der Waals surface area contributed by atoms with Crippen LogP contribution in [0.2, 0.25) is 0 Å². The molecule has 2 unspecified atom stereocenters. The molecule has 0 aliphatic carbocycles. The van der Waals surface area contributed by atoms with Crippen LogP contribution in [-0.4, -0.2) is 48.9 Å². The molecule has 186 valence electrons. The molecule has 2 aromatic rings. The lowest BCUT2D eigenvalue weighted by molar-refractivity contribution is -0.153. The average Bonchev–Trinajstić information content (AvgIpc) is 3.17. The van der Waals surface area contributed by atoms with Crippen molar-refractivity contribution in [1.82, 2.24) is 10.2 Å². The van der Waals surface area contributed by atoms with Crippen LogP contribution in [0.15, 0.2) is 60.7 Å². The van der Waals surface area contributed by atoms with Gasteiger partial charge < -0.3 is 20.7 Å². The molecule has 2 fully saturated rings. The van der Waals surface area contributed by atoms with Gasteiger partial charge in [-0.05, 0) is 24.0 Å². The third-order valence-corrected chi connectivity index (χ3v) is 7.82. The first-order valence-corrected chi connectivity index (χ1v) is 12.3. The lowest BCUT2D eigenvalue weighted by Crippen LogP contribution is -2.56. The summed E-state index contributed by atoms with van der Waals surface area (Å²) in [6, 6.07) is 19.7. The van der Waals surface area contributed by atoms with Crippen LogP contribution >= 0.6 is 0 Å². The van der Waals surface area contributed by atoms with Crippen LogP contribution in [0.25, 0.3) is 0 Å². The summed E-state index contributed by atoms with van der Waals surface area (Å²) in [7, 11) is 0. The van der Waals surface area contributed by atoms with Gasteiger partial charge in [-0.3, -0.25) is 14.4 Å². The van der Waals surface area contributed by atoms with E-state index in [9.17, 15) is 14.4 Å². The second-order valence-electron chi connectivity index (χ2n) is 10.3. The Kier molecular flexibility index (Phi) is 7.26. The molecule has 2 aliphatic rings. The molecule has 3 N–H and O–H groups in total. The third-order valence-electron chi connectivity index (χ3n) is 7.82. The van der Waals surface area contributed by atoms with E-state index in [1.807, 2.05) is 60.7 Å². The molecule has 2 heterocycles. The number of benzene rings is 2. The number of rotatable bonds is 8. The molecule has 0 aromatic heterocycles. The van der Waals surface area contributed by atoms with Crippen molar-refractivity contribution in [2.75, 3.05) is 26.2 Å². The number of nitrogens with zero attached hydrogens (tertiary/aromatic N) is 1. The summed E-state index contributed by atoms with van der Waals surface area (Å²) in [4.78, 5) is 41.2. The summed E-state index contributed by atoms with van der Waals surface area (Å²) in [5, 5.41) is 3.04. The second kappa shape index (κ2) is 10.2. The zero-order valence-electron chi connectivity index (χ0n) is 20.5. The second-order valence-corrected chi connectivity index (χ2v) is 10.3. The summed E-state index contributed by atoms with van der Waals surface area (Å²) < 4.78 is 5.92. The largest absolute Gasteiger partial charge is 0.376 e. The summed E-state index contributed by atoms with van der Waals surface area (Å²) in [5.41, 5.74) is 6.03. The van der Waals surface area contributed by atoms with E-state index in [0.29, 0.717) is 26.2 Å². The van der Waals surface area contributed by atoms with Gasteiger partial charge in [-0.2, -0.15) is 0 Å². The van der Waals surface area contributed by atoms with Gasteiger partial charge in [-0.25, -0.2) is 0 Å². The molecule has 1 spiro atoms. The number of amides is 3. The minimum Gasteiger partial charge on any atom is -0.376 e. The molecule has 3 amide bonds. The number of hydrogen-bond acceptors (Lipinski definition) is 4. The first kappa shape index (κ1) is 24.9. The van der Waals surface area contributed by atoms with Gasteiger partial charge in [0.25, 0.3) is 0 Å². The summed E-state index contributed by atoms with van der Waals surface area (Å²) in [6.07, 6.45) is 1.44. The van der Waals surface area contributed by atoms with Crippen molar-refractivity contribution in [2.24, 2.45) is 22.5 Å². The molecule has 3 atom stereocenters. The minimum atomic E-state index is -1.10. The maximum atomic E-state index is 13.9. The van der Waals surface area contributed by atoms with Crippen molar-refractivity contribution >= 4 is 17.7 Å². The first-order chi connectivity index (χ1) is 16.8. The first-order valence-electron chi connectivity index (χ1n) is 12.3. The number of nitrogens with two attached hydrogens (primary N) is 1. The number of hydrogen-bond donors (Lipinski definition) is 2. The molecular weight excluding hydrogens is 442 g/mol. The van der Waals surface area contributed by atoms with E-state index >= 15 is 0 Å². The van der Waals surface area contributed by atoms with Crippen LogP contribution in [-0.2, 0) is 25.7 Å². The number of carbonyl (C=O) groups excluding carboxylic acids is 3. The highest BCUT2D eigenvalue weighted by Crippen LogP contribution is 2.47. The molecule has 7 nitrogen and oxygen atoms in total. The van der Waals surface area contributed by atoms with Gasteiger partial charge in [0, 0.05) is 25.6 Å². The number of ether oxygens (including phenoxy) is 1. The highest BCUT2D eigenvalue weighted by Gasteiger charge is 2.54. The van der Waals surface area contributed by atoms with Crippen LogP contribution in [0.4, 0.5) is 0 Å². The predicted molar refractivity (Wildman–Crippen MR) is 133 cm³/mol. The van der Waals surface area contributed by atoms with E-state index < -0.39 is 22.7 Å². The van der Waals surface area contributed by atoms with Gasteiger partial charge in [0.2, 0.25) is 17.7 Å². The molecule has 0 saturated carbocycles. The lowest BCUT2D eigenvalue weighted by Gasteiger charge is -2.44. The summed E-state index contributed by atoms with van der Waals surface area (Å²) in [5.74, 6) is -1.50. The smallest absolute Gasteiger partial charge is 0.229 e. The Morgan fingerprint density at radius 1 is 1.14 bits per heavy atom. The van der Waals surface area contributed by atoms with Gasteiger partial charge in [0.15, 0.2) is 0 Å². The molecule has 2 aliphatic heterocycles. The van der Waals surface area contributed by atoms with Crippen molar-refractivity contribution in [3.05, 3.63) is 71.8 Å². The van der Waals surface area contributed by atoms with Crippen molar-refractivity contribution in [3.8, 4) is 0 Å². The molecule has 2 aromatic carbocycles. The Hall–Kier alpha value is -3.19. The van der Waals surface area contributed by atoms with Crippen LogP contribution in [0.3, 0.4) is 0 Å². The zero-order valence-corrected chi connectivity index (χ0v) is 20.5. The standard InChI is InChI=1S/C28H35N3O4/c1-27(2,25(29)33)23(18-35-17-20-10-5-3-6-11-20)24(32)31-15-9-14-28(19-31)22(16-30-26(28)34)21-12-7-4-8-13-21/h3-8,10-13,22-23H,9,14-19H2,1-2H3,(H2,29,33)(H,30,34)/t22?,23-,28?/m1/s1. The van der Waals surface area contributed by atoms with Crippen LogP contribution in [0.5, 0.6) is 0 Å². The van der Waals surface area contributed by atoms with Crippen molar-refractivity contribution in [2.45, 2.75) is 39.2 Å². The Bertz CT molecular complexity index is 1060. The maximum Gasteiger partial charge on any atom is 0.229 e.